The molecule has 0 radical (unpaired) electrons. The molecule has 0 amide bonds. The quantitative estimate of drug-likeness (QED) is 0.803. The smallest absolute Gasteiger partial charge is 0.146 e. The molecule has 2 rings (SSSR count). The van der Waals surface area contributed by atoms with Gasteiger partial charge in [-0.3, -0.25) is 0 Å². The van der Waals surface area contributed by atoms with Crippen molar-refractivity contribution in [2.24, 2.45) is 0 Å². The Morgan fingerprint density at radius 1 is 1.47 bits per heavy atom. The van der Waals surface area contributed by atoms with Gasteiger partial charge in [-0.15, -0.1) is 0 Å². The number of hydrogen-bond acceptors (Lipinski definition) is 3. The van der Waals surface area contributed by atoms with Crippen LogP contribution in [0.2, 0.25) is 0 Å². The van der Waals surface area contributed by atoms with E-state index in [1.807, 2.05) is 6.92 Å². The number of rotatable bonds is 2. The third kappa shape index (κ3) is 2.88. The van der Waals surface area contributed by atoms with Gasteiger partial charge in [-0.1, -0.05) is 0 Å². The van der Waals surface area contributed by atoms with Crippen molar-refractivity contribution >= 4 is 5.69 Å². The second-order valence-corrected chi connectivity index (χ2v) is 5.08. The number of anilines is 1. The number of nitrogens with two attached hydrogens (primary N) is 1. The molecule has 1 unspecified atom stereocenters. The second-order valence-electron chi connectivity index (χ2n) is 5.08. The maximum Gasteiger partial charge on any atom is 0.146 e. The zero-order chi connectivity index (χ0) is 12.5. The molecule has 94 valence electrons. The molecule has 1 aromatic carbocycles. The summed E-state index contributed by atoms with van der Waals surface area (Å²) >= 11 is 0. The Kier molecular flexibility index (Phi) is 3.24. The predicted molar refractivity (Wildman–Crippen MR) is 66.6 cm³/mol. The fourth-order valence-electron chi connectivity index (χ4n) is 2.40. The van der Waals surface area contributed by atoms with Gasteiger partial charge in [-0.05, 0) is 45.5 Å². The highest BCUT2D eigenvalue weighted by Gasteiger charge is 2.32. The van der Waals surface area contributed by atoms with Crippen LogP contribution >= 0.6 is 0 Å². The molecular weight excluding hydrogens is 219 g/mol. The van der Waals surface area contributed by atoms with E-state index < -0.39 is 0 Å². The van der Waals surface area contributed by atoms with Gasteiger partial charge in [-0.25, -0.2) is 4.39 Å². The Morgan fingerprint density at radius 3 is 2.94 bits per heavy atom. The van der Waals surface area contributed by atoms with E-state index >= 15 is 0 Å². The van der Waals surface area contributed by atoms with Crippen molar-refractivity contribution in [1.29, 1.82) is 0 Å². The summed E-state index contributed by atoms with van der Waals surface area (Å²) in [4.78, 5) is 2.22. The predicted octanol–water partition coefficient (Wildman–Crippen LogP) is 2.27. The van der Waals surface area contributed by atoms with Crippen molar-refractivity contribution < 1.29 is 9.13 Å². The zero-order valence-electron chi connectivity index (χ0n) is 10.4. The minimum Gasteiger partial charge on any atom is -0.484 e. The monoisotopic (exact) mass is 238 g/mol. The Labute approximate surface area is 101 Å². The number of benzene rings is 1. The fraction of sp³-hybridized carbons (Fsp3) is 0.538. The number of likely N-dealkylation sites (tertiary alicyclic amines) is 1. The minimum atomic E-state index is -0.318. The number of hydrogen-bond donors (Lipinski definition) is 1. The summed E-state index contributed by atoms with van der Waals surface area (Å²) in [6.45, 7) is 3.97. The van der Waals surface area contributed by atoms with Gasteiger partial charge in [0.15, 0.2) is 0 Å². The highest BCUT2D eigenvalue weighted by molar-refractivity contribution is 5.52. The van der Waals surface area contributed by atoms with Crippen molar-refractivity contribution in [3.05, 3.63) is 24.0 Å². The van der Waals surface area contributed by atoms with Crippen molar-refractivity contribution in [3.8, 4) is 5.75 Å². The van der Waals surface area contributed by atoms with Crippen LogP contribution in [0.5, 0.6) is 5.75 Å². The molecule has 1 atom stereocenters. The largest absolute Gasteiger partial charge is 0.484 e. The summed E-state index contributed by atoms with van der Waals surface area (Å²) in [6.07, 6.45) is 2.05. The van der Waals surface area contributed by atoms with Gasteiger partial charge in [0.05, 0.1) is 5.69 Å². The maximum atomic E-state index is 13.2. The number of ether oxygens (including phenoxy) is 1. The standard InChI is InChI=1S/C13H19FN2O/c1-13(6-3-7-16(2)9-13)17-12-8-10(14)4-5-11(12)15/h4-5,8H,3,6-7,9,15H2,1-2H3. The Hall–Kier alpha value is -1.29. The van der Waals surface area contributed by atoms with E-state index in [0.29, 0.717) is 11.4 Å². The van der Waals surface area contributed by atoms with Crippen LogP contribution < -0.4 is 10.5 Å². The molecule has 1 saturated heterocycles. The average Bonchev–Trinajstić information content (AvgIpc) is 2.22. The summed E-state index contributed by atoms with van der Waals surface area (Å²) < 4.78 is 19.1. The second kappa shape index (κ2) is 4.53. The van der Waals surface area contributed by atoms with Crippen LogP contribution in [0.25, 0.3) is 0 Å². The fourth-order valence-corrected chi connectivity index (χ4v) is 2.40. The minimum absolute atomic E-state index is 0.283. The number of likely N-dealkylation sites (N-methyl/N-ethyl adjacent to an activating group) is 1. The molecule has 0 bridgehead atoms. The van der Waals surface area contributed by atoms with Crippen LogP contribution in [-0.4, -0.2) is 30.6 Å². The van der Waals surface area contributed by atoms with Gasteiger partial charge < -0.3 is 15.4 Å². The van der Waals surface area contributed by atoms with Crippen LogP contribution in [0, 0.1) is 5.82 Å². The lowest BCUT2D eigenvalue weighted by molar-refractivity contribution is 0.0160. The average molecular weight is 238 g/mol. The first-order chi connectivity index (χ1) is 7.98. The number of piperidine rings is 1. The first-order valence-corrected chi connectivity index (χ1v) is 5.91. The molecule has 1 aliphatic rings. The van der Waals surface area contributed by atoms with Gasteiger partial charge in [0, 0.05) is 12.6 Å². The molecule has 0 aliphatic carbocycles. The molecule has 1 aromatic rings. The lowest BCUT2D eigenvalue weighted by Gasteiger charge is -2.39. The zero-order valence-corrected chi connectivity index (χ0v) is 10.4. The van der Waals surface area contributed by atoms with Crippen molar-refractivity contribution in [2.75, 3.05) is 25.9 Å². The molecule has 4 heteroatoms. The molecular formula is C13H19FN2O. The third-order valence-corrected chi connectivity index (χ3v) is 3.18. The molecule has 1 aliphatic heterocycles. The molecule has 1 heterocycles. The van der Waals surface area contributed by atoms with Crippen molar-refractivity contribution in [2.45, 2.75) is 25.4 Å². The van der Waals surface area contributed by atoms with Crippen molar-refractivity contribution in [1.82, 2.24) is 4.90 Å². The third-order valence-electron chi connectivity index (χ3n) is 3.18. The van der Waals surface area contributed by atoms with Crippen molar-refractivity contribution in [3.63, 3.8) is 0 Å². The van der Waals surface area contributed by atoms with Gasteiger partial charge in [0.25, 0.3) is 0 Å². The van der Waals surface area contributed by atoms with Crippen LogP contribution in [0.3, 0.4) is 0 Å². The number of halogens is 1. The van der Waals surface area contributed by atoms with Crippen LogP contribution in [0.1, 0.15) is 19.8 Å². The first-order valence-electron chi connectivity index (χ1n) is 5.91. The molecule has 0 aromatic heterocycles. The highest BCUT2D eigenvalue weighted by Crippen LogP contribution is 2.30. The molecule has 0 saturated carbocycles. The molecule has 3 nitrogen and oxygen atoms in total. The molecule has 1 fully saturated rings. The molecule has 0 spiro atoms. The van der Waals surface area contributed by atoms with E-state index in [1.165, 1.54) is 12.1 Å². The van der Waals surface area contributed by atoms with Gasteiger partial charge >= 0.3 is 0 Å². The number of nitrogens with zero attached hydrogens (tertiary/aromatic N) is 1. The SMILES string of the molecule is CN1CCCC(C)(Oc2cc(F)ccc2N)C1. The summed E-state index contributed by atoms with van der Waals surface area (Å²) in [5, 5.41) is 0. The van der Waals surface area contributed by atoms with E-state index in [1.54, 1.807) is 6.07 Å². The Morgan fingerprint density at radius 2 is 2.24 bits per heavy atom. The van der Waals surface area contributed by atoms with E-state index in [4.69, 9.17) is 10.5 Å². The molecule has 17 heavy (non-hydrogen) atoms. The van der Waals surface area contributed by atoms with Gasteiger partial charge in [-0.2, -0.15) is 0 Å². The lowest BCUT2D eigenvalue weighted by atomic mass is 9.95. The topological polar surface area (TPSA) is 38.5 Å². The summed E-state index contributed by atoms with van der Waals surface area (Å²) in [5.74, 6) is 0.129. The van der Waals surface area contributed by atoms with Crippen LogP contribution in [-0.2, 0) is 0 Å². The van der Waals surface area contributed by atoms with Crippen LogP contribution in [0.15, 0.2) is 18.2 Å². The molecule has 2 N–H and O–H groups in total. The summed E-state index contributed by atoms with van der Waals surface area (Å²) in [5.41, 5.74) is 6.00. The first kappa shape index (κ1) is 12.2. The van der Waals surface area contributed by atoms with E-state index in [0.717, 1.165) is 25.9 Å². The van der Waals surface area contributed by atoms with E-state index in [-0.39, 0.29) is 11.4 Å². The lowest BCUT2D eigenvalue weighted by Crippen LogP contribution is -2.48. The maximum absolute atomic E-state index is 13.2. The Bertz CT molecular complexity index is 410. The van der Waals surface area contributed by atoms with E-state index in [9.17, 15) is 4.39 Å². The van der Waals surface area contributed by atoms with E-state index in [2.05, 4.69) is 11.9 Å². The normalized spacial score (nSPS) is 25.8. The summed E-state index contributed by atoms with van der Waals surface area (Å²) in [6, 6.07) is 4.24. The van der Waals surface area contributed by atoms with Gasteiger partial charge in [0.2, 0.25) is 0 Å². The number of nitrogen functional groups attached to an aromatic ring is 1. The summed E-state index contributed by atoms with van der Waals surface area (Å²) in [7, 11) is 2.07. The van der Waals surface area contributed by atoms with Crippen LogP contribution in [0.4, 0.5) is 10.1 Å². The highest BCUT2D eigenvalue weighted by atomic mass is 19.1. The van der Waals surface area contributed by atoms with Gasteiger partial charge in [0.1, 0.15) is 17.2 Å². The Balaban J connectivity index is 2.16.